The quantitative estimate of drug-likeness (QED) is 0.763. The Morgan fingerprint density at radius 1 is 1.13 bits per heavy atom. The highest BCUT2D eigenvalue weighted by Gasteiger charge is 1.99. The van der Waals surface area contributed by atoms with Crippen molar-refractivity contribution in [3.8, 4) is 17.1 Å². The molecule has 2 aromatic rings. The molecule has 0 saturated carbocycles. The summed E-state index contributed by atoms with van der Waals surface area (Å²) in [5.41, 5.74) is 1.92. The first-order valence-electron chi connectivity index (χ1n) is 4.90. The minimum atomic E-state index is 0.635. The second-order valence-corrected chi connectivity index (χ2v) is 3.03. The lowest BCUT2D eigenvalue weighted by atomic mass is 10.2. The van der Waals surface area contributed by atoms with Crippen molar-refractivity contribution < 1.29 is 4.74 Å². The predicted molar refractivity (Wildman–Crippen MR) is 58.6 cm³/mol. The van der Waals surface area contributed by atoms with Crippen molar-refractivity contribution in [3.05, 3.63) is 42.7 Å². The van der Waals surface area contributed by atoms with Gasteiger partial charge in [-0.1, -0.05) is 6.07 Å². The van der Waals surface area contributed by atoms with E-state index >= 15 is 0 Å². The maximum atomic E-state index is 5.27. The second-order valence-electron chi connectivity index (χ2n) is 3.03. The first-order valence-corrected chi connectivity index (χ1v) is 4.90. The van der Waals surface area contributed by atoms with Crippen LogP contribution >= 0.6 is 0 Å². The van der Waals surface area contributed by atoms with Crippen LogP contribution in [0.2, 0.25) is 0 Å². The van der Waals surface area contributed by atoms with Gasteiger partial charge in [0.05, 0.1) is 12.3 Å². The summed E-state index contributed by atoms with van der Waals surface area (Å²) in [7, 11) is 0. The van der Waals surface area contributed by atoms with Crippen LogP contribution in [0, 0.1) is 0 Å². The topological polar surface area (TPSA) is 35.0 Å². The number of aromatic nitrogens is 2. The number of hydrogen-bond acceptors (Lipinski definition) is 3. The van der Waals surface area contributed by atoms with Gasteiger partial charge in [0.2, 0.25) is 5.88 Å². The van der Waals surface area contributed by atoms with Crippen molar-refractivity contribution in [2.24, 2.45) is 0 Å². The van der Waals surface area contributed by atoms with Gasteiger partial charge in [0, 0.05) is 24.0 Å². The Hall–Kier alpha value is -1.90. The molecule has 0 aliphatic heterocycles. The first kappa shape index (κ1) is 9.65. The lowest BCUT2D eigenvalue weighted by molar-refractivity contribution is 0.327. The summed E-state index contributed by atoms with van der Waals surface area (Å²) in [6.45, 7) is 2.57. The van der Waals surface area contributed by atoms with Crippen molar-refractivity contribution in [3.63, 3.8) is 0 Å². The van der Waals surface area contributed by atoms with Crippen molar-refractivity contribution in [2.45, 2.75) is 6.92 Å². The molecule has 0 aliphatic rings. The fourth-order valence-corrected chi connectivity index (χ4v) is 1.30. The Bertz CT molecular complexity index is 411. The second kappa shape index (κ2) is 4.55. The van der Waals surface area contributed by atoms with Gasteiger partial charge in [0.25, 0.3) is 0 Å². The van der Waals surface area contributed by atoms with Gasteiger partial charge in [0.1, 0.15) is 0 Å². The number of nitrogens with zero attached hydrogens (tertiary/aromatic N) is 2. The molecular formula is C12H12N2O. The highest BCUT2D eigenvalue weighted by molar-refractivity contribution is 5.57. The molecule has 0 unspecified atom stereocenters. The van der Waals surface area contributed by atoms with E-state index in [2.05, 4.69) is 9.97 Å². The van der Waals surface area contributed by atoms with Crippen LogP contribution < -0.4 is 4.74 Å². The Morgan fingerprint density at radius 2 is 2.07 bits per heavy atom. The molecule has 0 amide bonds. The average Bonchev–Trinajstić information content (AvgIpc) is 2.32. The van der Waals surface area contributed by atoms with E-state index < -0.39 is 0 Å². The van der Waals surface area contributed by atoms with Crippen LogP contribution in [-0.4, -0.2) is 16.6 Å². The molecule has 0 bridgehead atoms. The van der Waals surface area contributed by atoms with E-state index in [0.29, 0.717) is 12.5 Å². The molecule has 0 atom stereocenters. The highest BCUT2D eigenvalue weighted by Crippen LogP contribution is 2.17. The van der Waals surface area contributed by atoms with Crippen LogP contribution in [0.15, 0.2) is 42.7 Å². The summed E-state index contributed by atoms with van der Waals surface area (Å²) in [4.78, 5) is 8.43. The van der Waals surface area contributed by atoms with Crippen LogP contribution in [-0.2, 0) is 0 Å². The van der Waals surface area contributed by atoms with Gasteiger partial charge in [-0.05, 0) is 25.1 Å². The summed E-state index contributed by atoms with van der Waals surface area (Å²) < 4.78 is 5.27. The van der Waals surface area contributed by atoms with Gasteiger partial charge in [-0.2, -0.15) is 0 Å². The average molecular weight is 200 g/mol. The summed E-state index contributed by atoms with van der Waals surface area (Å²) >= 11 is 0. The van der Waals surface area contributed by atoms with Gasteiger partial charge in [-0.25, -0.2) is 4.98 Å². The zero-order chi connectivity index (χ0) is 10.5. The maximum absolute atomic E-state index is 5.27. The lowest BCUT2D eigenvalue weighted by Crippen LogP contribution is -1.93. The molecule has 0 N–H and O–H groups in total. The van der Waals surface area contributed by atoms with Gasteiger partial charge >= 0.3 is 0 Å². The molecule has 0 aromatic carbocycles. The van der Waals surface area contributed by atoms with E-state index in [0.717, 1.165) is 11.3 Å². The van der Waals surface area contributed by atoms with Gasteiger partial charge in [0.15, 0.2) is 0 Å². The van der Waals surface area contributed by atoms with Crippen molar-refractivity contribution in [1.29, 1.82) is 0 Å². The van der Waals surface area contributed by atoms with Crippen molar-refractivity contribution in [1.82, 2.24) is 9.97 Å². The van der Waals surface area contributed by atoms with E-state index in [9.17, 15) is 0 Å². The van der Waals surface area contributed by atoms with Crippen molar-refractivity contribution >= 4 is 0 Å². The third-order valence-corrected chi connectivity index (χ3v) is 1.99. The predicted octanol–water partition coefficient (Wildman–Crippen LogP) is 2.54. The molecule has 0 saturated heterocycles. The van der Waals surface area contributed by atoms with Gasteiger partial charge in [-0.3, -0.25) is 4.98 Å². The molecule has 3 heteroatoms. The maximum Gasteiger partial charge on any atom is 0.213 e. The van der Waals surface area contributed by atoms with Crippen LogP contribution in [0.5, 0.6) is 5.88 Å². The largest absolute Gasteiger partial charge is 0.478 e. The summed E-state index contributed by atoms with van der Waals surface area (Å²) in [6.07, 6.45) is 3.54. The van der Waals surface area contributed by atoms with Crippen LogP contribution in [0.3, 0.4) is 0 Å². The molecule has 15 heavy (non-hydrogen) atoms. The molecule has 0 radical (unpaired) electrons. The van der Waals surface area contributed by atoms with Gasteiger partial charge in [-0.15, -0.1) is 0 Å². The Balaban J connectivity index is 2.24. The first-order chi connectivity index (χ1) is 7.40. The molecule has 0 fully saturated rings. The monoisotopic (exact) mass is 200 g/mol. The number of pyridine rings is 2. The van der Waals surface area contributed by atoms with Crippen molar-refractivity contribution in [2.75, 3.05) is 6.61 Å². The molecule has 2 heterocycles. The van der Waals surface area contributed by atoms with Crippen LogP contribution in [0.4, 0.5) is 0 Å². The molecular weight excluding hydrogens is 188 g/mol. The third kappa shape index (κ3) is 2.31. The third-order valence-electron chi connectivity index (χ3n) is 1.99. The van der Waals surface area contributed by atoms with Gasteiger partial charge < -0.3 is 4.74 Å². The standard InChI is InChI=1S/C12H12N2O/c1-2-15-12-7-6-10(9-14-12)11-5-3-4-8-13-11/h3-9H,2H2,1H3. The molecule has 2 aromatic heterocycles. The zero-order valence-corrected chi connectivity index (χ0v) is 8.55. The number of hydrogen-bond donors (Lipinski definition) is 0. The molecule has 0 spiro atoms. The summed E-state index contributed by atoms with van der Waals surface area (Å²) in [5, 5.41) is 0. The molecule has 3 nitrogen and oxygen atoms in total. The van der Waals surface area contributed by atoms with E-state index in [1.165, 1.54) is 0 Å². The fourth-order valence-electron chi connectivity index (χ4n) is 1.30. The van der Waals surface area contributed by atoms with Crippen LogP contribution in [0.25, 0.3) is 11.3 Å². The van der Waals surface area contributed by atoms with E-state index in [4.69, 9.17) is 4.74 Å². The minimum Gasteiger partial charge on any atom is -0.478 e. The normalized spacial score (nSPS) is 9.93. The Kier molecular flexibility index (Phi) is 2.93. The molecule has 76 valence electrons. The number of ether oxygens (including phenoxy) is 1. The summed E-state index contributed by atoms with van der Waals surface area (Å²) in [6, 6.07) is 9.62. The smallest absolute Gasteiger partial charge is 0.213 e. The Labute approximate surface area is 88.8 Å². The van der Waals surface area contributed by atoms with E-state index in [1.54, 1.807) is 12.4 Å². The summed E-state index contributed by atoms with van der Waals surface area (Å²) in [5.74, 6) is 0.650. The molecule has 2 rings (SSSR count). The van der Waals surface area contributed by atoms with Crippen LogP contribution in [0.1, 0.15) is 6.92 Å². The minimum absolute atomic E-state index is 0.635. The zero-order valence-electron chi connectivity index (χ0n) is 8.55. The Morgan fingerprint density at radius 3 is 2.67 bits per heavy atom. The number of rotatable bonds is 3. The fraction of sp³-hybridized carbons (Fsp3) is 0.167. The van der Waals surface area contributed by atoms with E-state index in [-0.39, 0.29) is 0 Å². The lowest BCUT2D eigenvalue weighted by Gasteiger charge is -2.03. The molecule has 0 aliphatic carbocycles. The SMILES string of the molecule is CCOc1ccc(-c2ccccn2)cn1. The highest BCUT2D eigenvalue weighted by atomic mass is 16.5. The van der Waals surface area contributed by atoms with E-state index in [1.807, 2.05) is 37.3 Å².